The predicted molar refractivity (Wildman–Crippen MR) is 93.5 cm³/mol. The van der Waals surface area contributed by atoms with E-state index >= 15 is 0 Å². The molecule has 142 valence electrons. The van der Waals surface area contributed by atoms with Crippen molar-refractivity contribution in [3.8, 4) is 0 Å². The van der Waals surface area contributed by atoms with E-state index in [9.17, 15) is 19.1 Å². The second-order valence-corrected chi connectivity index (χ2v) is 6.34. The van der Waals surface area contributed by atoms with Crippen LogP contribution in [0.25, 0.3) is 0 Å². The number of carboxylic acids is 2. The second kappa shape index (κ2) is 8.24. The van der Waals surface area contributed by atoms with Gasteiger partial charge in [-0.2, -0.15) is 4.39 Å². The lowest BCUT2D eigenvalue weighted by atomic mass is 9.97. The Morgan fingerprint density at radius 1 is 1.11 bits per heavy atom. The van der Waals surface area contributed by atoms with Crippen molar-refractivity contribution in [3.05, 3.63) is 64.2 Å². The van der Waals surface area contributed by atoms with E-state index in [1.54, 1.807) is 6.07 Å². The molecule has 0 radical (unpaired) electrons. The lowest BCUT2D eigenvalue weighted by molar-refractivity contribution is 0.0341. The molecule has 0 saturated carbocycles. The molecule has 2 heterocycles. The average molecular weight is 374 g/mol. The molecule has 0 spiro atoms. The minimum atomic E-state index is -1.26. The Balaban J connectivity index is 1.85. The van der Waals surface area contributed by atoms with Crippen molar-refractivity contribution in [2.75, 3.05) is 26.3 Å². The van der Waals surface area contributed by atoms with Crippen LogP contribution in [0.15, 0.2) is 30.5 Å². The Labute approximate surface area is 155 Å². The molecular weight excluding hydrogens is 355 g/mol. The van der Waals surface area contributed by atoms with Crippen LogP contribution in [0.4, 0.5) is 4.39 Å². The summed E-state index contributed by atoms with van der Waals surface area (Å²) in [7, 11) is 0. The van der Waals surface area contributed by atoms with Gasteiger partial charge in [-0.05, 0) is 29.3 Å². The molecule has 27 heavy (non-hydrogen) atoms. The van der Waals surface area contributed by atoms with Crippen LogP contribution in [0.3, 0.4) is 0 Å². The third kappa shape index (κ3) is 4.66. The van der Waals surface area contributed by atoms with Crippen LogP contribution in [0.1, 0.15) is 37.4 Å². The summed E-state index contributed by atoms with van der Waals surface area (Å²) in [5, 5.41) is 18.4. The quantitative estimate of drug-likeness (QED) is 0.747. The van der Waals surface area contributed by atoms with Crippen molar-refractivity contribution < 1.29 is 28.9 Å². The van der Waals surface area contributed by atoms with E-state index in [2.05, 4.69) is 9.88 Å². The zero-order chi connectivity index (χ0) is 19.4. The zero-order valence-corrected chi connectivity index (χ0v) is 14.5. The van der Waals surface area contributed by atoms with Gasteiger partial charge in [0.05, 0.1) is 24.3 Å². The first-order valence-corrected chi connectivity index (χ1v) is 8.47. The first kappa shape index (κ1) is 18.9. The van der Waals surface area contributed by atoms with Crippen LogP contribution in [0, 0.1) is 5.95 Å². The van der Waals surface area contributed by atoms with Crippen LogP contribution in [-0.4, -0.2) is 58.3 Å². The molecule has 8 heteroatoms. The number of carboxylic acid groups (broad SMARTS) is 2. The number of hydrogen-bond donors (Lipinski definition) is 2. The molecule has 0 bridgehead atoms. The minimum absolute atomic E-state index is 0.0112. The highest BCUT2D eigenvalue weighted by Crippen LogP contribution is 2.20. The van der Waals surface area contributed by atoms with Crippen molar-refractivity contribution in [1.29, 1.82) is 0 Å². The zero-order valence-electron chi connectivity index (χ0n) is 14.5. The van der Waals surface area contributed by atoms with E-state index in [4.69, 9.17) is 9.84 Å². The first-order chi connectivity index (χ1) is 12.9. The number of ether oxygens (including phenoxy) is 1. The topological polar surface area (TPSA) is 100.0 Å². The Hall–Kier alpha value is -2.84. The molecule has 2 N–H and O–H groups in total. The highest BCUT2D eigenvalue weighted by Gasteiger charge is 2.17. The maximum absolute atomic E-state index is 14.2. The standard InChI is InChI=1S/C19H19FN2O5/c20-17-15(7-12(10-21-17)11-22-3-5-27-6-4-22)8-13-1-2-14(18(23)24)9-16(13)19(25)26/h1-2,7,9-10H,3-6,8,11H2,(H,23,24)(H,25,26). The average Bonchev–Trinajstić information content (AvgIpc) is 2.65. The van der Waals surface area contributed by atoms with Gasteiger partial charge in [-0.3, -0.25) is 4.90 Å². The molecule has 0 aliphatic carbocycles. The number of nitrogens with zero attached hydrogens (tertiary/aromatic N) is 2. The van der Waals surface area contributed by atoms with Gasteiger partial charge in [0.1, 0.15) is 0 Å². The van der Waals surface area contributed by atoms with Crippen molar-refractivity contribution in [3.63, 3.8) is 0 Å². The molecule has 7 nitrogen and oxygen atoms in total. The number of morpholine rings is 1. The monoisotopic (exact) mass is 374 g/mol. The van der Waals surface area contributed by atoms with Gasteiger partial charge in [-0.25, -0.2) is 14.6 Å². The van der Waals surface area contributed by atoms with Gasteiger partial charge in [-0.15, -0.1) is 0 Å². The fourth-order valence-corrected chi connectivity index (χ4v) is 3.04. The van der Waals surface area contributed by atoms with Crippen LogP contribution in [-0.2, 0) is 17.7 Å². The third-order valence-electron chi connectivity index (χ3n) is 4.45. The van der Waals surface area contributed by atoms with E-state index in [0.717, 1.165) is 24.7 Å². The van der Waals surface area contributed by atoms with Crippen molar-refractivity contribution in [1.82, 2.24) is 9.88 Å². The molecule has 3 rings (SSSR count). The number of benzene rings is 1. The molecule has 1 aromatic heterocycles. The van der Waals surface area contributed by atoms with Gasteiger partial charge >= 0.3 is 11.9 Å². The smallest absolute Gasteiger partial charge is 0.336 e. The summed E-state index contributed by atoms with van der Waals surface area (Å²) in [6.45, 7) is 3.48. The third-order valence-corrected chi connectivity index (χ3v) is 4.45. The predicted octanol–water partition coefficient (Wildman–Crippen LogP) is 2.04. The molecule has 0 unspecified atom stereocenters. The number of hydrogen-bond acceptors (Lipinski definition) is 5. The number of aromatic carboxylic acids is 2. The van der Waals surface area contributed by atoms with E-state index in [0.29, 0.717) is 25.3 Å². The minimum Gasteiger partial charge on any atom is -0.478 e. The summed E-state index contributed by atoms with van der Waals surface area (Å²) >= 11 is 0. The van der Waals surface area contributed by atoms with Gasteiger partial charge < -0.3 is 14.9 Å². The fourth-order valence-electron chi connectivity index (χ4n) is 3.04. The number of carbonyl (C=O) groups is 2. The Bertz CT molecular complexity index is 865. The van der Waals surface area contributed by atoms with Gasteiger partial charge in [0, 0.05) is 37.8 Å². The number of aromatic nitrogens is 1. The Morgan fingerprint density at radius 3 is 2.52 bits per heavy atom. The molecule has 1 aliphatic rings. The van der Waals surface area contributed by atoms with Gasteiger partial charge in [-0.1, -0.05) is 6.07 Å². The Morgan fingerprint density at radius 2 is 1.85 bits per heavy atom. The van der Waals surface area contributed by atoms with Crippen molar-refractivity contribution >= 4 is 11.9 Å². The van der Waals surface area contributed by atoms with Gasteiger partial charge in [0.25, 0.3) is 0 Å². The van der Waals surface area contributed by atoms with Crippen LogP contribution >= 0.6 is 0 Å². The molecule has 1 aromatic carbocycles. The summed E-state index contributed by atoms with van der Waals surface area (Å²) < 4.78 is 19.5. The van der Waals surface area contributed by atoms with Gasteiger partial charge in [0.15, 0.2) is 0 Å². The van der Waals surface area contributed by atoms with Gasteiger partial charge in [0.2, 0.25) is 5.95 Å². The summed E-state index contributed by atoms with van der Waals surface area (Å²) in [4.78, 5) is 28.5. The molecule has 1 aliphatic heterocycles. The lowest BCUT2D eigenvalue weighted by Gasteiger charge is -2.26. The van der Waals surface area contributed by atoms with Crippen LogP contribution < -0.4 is 0 Å². The lowest BCUT2D eigenvalue weighted by Crippen LogP contribution is -2.35. The maximum Gasteiger partial charge on any atom is 0.336 e. The molecular formula is C19H19FN2O5. The van der Waals surface area contributed by atoms with Crippen molar-refractivity contribution in [2.45, 2.75) is 13.0 Å². The molecule has 1 saturated heterocycles. The van der Waals surface area contributed by atoms with Crippen LogP contribution in [0.5, 0.6) is 0 Å². The van der Waals surface area contributed by atoms with E-state index in [1.165, 1.54) is 18.3 Å². The van der Waals surface area contributed by atoms with E-state index in [-0.39, 0.29) is 23.1 Å². The second-order valence-electron chi connectivity index (χ2n) is 6.34. The number of rotatable bonds is 6. The summed E-state index contributed by atoms with van der Waals surface area (Å²) in [5.74, 6) is -3.14. The summed E-state index contributed by atoms with van der Waals surface area (Å²) in [5.41, 5.74) is 1.14. The highest BCUT2D eigenvalue weighted by molar-refractivity contribution is 5.94. The molecule has 1 fully saturated rings. The Kier molecular flexibility index (Phi) is 5.78. The maximum atomic E-state index is 14.2. The molecule has 2 aromatic rings. The summed E-state index contributed by atoms with van der Waals surface area (Å²) in [6, 6.07) is 5.48. The normalized spacial score (nSPS) is 14.9. The number of pyridine rings is 1. The van der Waals surface area contributed by atoms with E-state index < -0.39 is 17.9 Å². The number of halogens is 1. The molecule has 0 amide bonds. The largest absolute Gasteiger partial charge is 0.478 e. The van der Waals surface area contributed by atoms with Crippen LogP contribution in [0.2, 0.25) is 0 Å². The SMILES string of the molecule is O=C(O)c1ccc(Cc2cc(CN3CCOCC3)cnc2F)c(C(=O)O)c1. The molecule has 0 atom stereocenters. The fraction of sp³-hybridized carbons (Fsp3) is 0.316. The first-order valence-electron chi connectivity index (χ1n) is 8.47. The summed E-state index contributed by atoms with van der Waals surface area (Å²) in [6.07, 6.45) is 1.48. The van der Waals surface area contributed by atoms with Crippen molar-refractivity contribution in [2.24, 2.45) is 0 Å². The van der Waals surface area contributed by atoms with E-state index in [1.807, 2.05) is 0 Å². The highest BCUT2D eigenvalue weighted by atomic mass is 19.1.